The number of aliphatic hydroxyl groups is 1. The Labute approximate surface area is 195 Å². The van der Waals surface area contributed by atoms with Gasteiger partial charge in [0.05, 0.1) is 46.7 Å². The predicted octanol–water partition coefficient (Wildman–Crippen LogP) is 4.95. The summed E-state index contributed by atoms with van der Waals surface area (Å²) in [5.41, 5.74) is 6.80. The molecular formula is C26H20ClN5O. The lowest BCUT2D eigenvalue weighted by Gasteiger charge is -2.11. The number of hydrogen-bond donors (Lipinski definition) is 2. The van der Waals surface area contributed by atoms with Gasteiger partial charge in [0.15, 0.2) is 0 Å². The molecule has 162 valence electrons. The van der Waals surface area contributed by atoms with E-state index in [4.69, 9.17) is 17.0 Å². The first-order chi connectivity index (χ1) is 16.0. The Kier molecular flexibility index (Phi) is 5.21. The molecule has 5 rings (SSSR count). The van der Waals surface area contributed by atoms with Crippen molar-refractivity contribution in [1.82, 2.24) is 14.1 Å². The van der Waals surface area contributed by atoms with Crippen LogP contribution in [0.2, 0.25) is 5.02 Å². The summed E-state index contributed by atoms with van der Waals surface area (Å²) in [6, 6.07) is 21.4. The van der Waals surface area contributed by atoms with Crippen LogP contribution in [0.3, 0.4) is 0 Å². The Balaban J connectivity index is 1.90. The normalized spacial score (nSPS) is 11.2. The molecule has 6 nitrogen and oxygen atoms in total. The molecule has 0 unspecified atom stereocenters. The average Bonchev–Trinajstić information content (AvgIpc) is 3.11. The largest absolute Gasteiger partial charge is 0.395 e. The Morgan fingerprint density at radius 2 is 1.82 bits per heavy atom. The summed E-state index contributed by atoms with van der Waals surface area (Å²) in [5.74, 6) is 0. The Morgan fingerprint density at radius 1 is 1.06 bits per heavy atom. The number of rotatable bonds is 4. The molecule has 2 N–H and O–H groups in total. The number of aryl methyl sites for hydroxylation is 1. The maximum atomic E-state index is 9.66. The fraction of sp³-hybridized carbons (Fsp3) is 0.115. The molecule has 33 heavy (non-hydrogen) atoms. The van der Waals surface area contributed by atoms with Crippen molar-refractivity contribution >= 4 is 33.5 Å². The second-order valence-corrected chi connectivity index (χ2v) is 8.31. The molecule has 7 heteroatoms. The molecule has 0 aliphatic rings. The molecule has 2 aromatic heterocycles. The van der Waals surface area contributed by atoms with Crippen molar-refractivity contribution in [3.8, 4) is 22.9 Å². The first kappa shape index (κ1) is 21.0. The zero-order valence-electron chi connectivity index (χ0n) is 17.9. The SMILES string of the molecule is Cc1ccc(C#N)cc1-n1c(=N)n(CCO)c2cnc3ccc(-c4ccc(Cl)cc4)cc3c21. The number of fused-ring (bicyclic) bond motifs is 3. The van der Waals surface area contributed by atoms with Gasteiger partial charge in [-0.3, -0.25) is 15.0 Å². The van der Waals surface area contributed by atoms with E-state index < -0.39 is 0 Å². The predicted molar refractivity (Wildman–Crippen MR) is 129 cm³/mol. The zero-order chi connectivity index (χ0) is 23.1. The second kappa shape index (κ2) is 8.21. The number of halogens is 1. The van der Waals surface area contributed by atoms with Gasteiger partial charge in [-0.05, 0) is 60.0 Å². The summed E-state index contributed by atoms with van der Waals surface area (Å²) in [7, 11) is 0. The van der Waals surface area contributed by atoms with Gasteiger partial charge < -0.3 is 9.67 Å². The van der Waals surface area contributed by atoms with Gasteiger partial charge >= 0.3 is 0 Å². The molecule has 0 amide bonds. The molecule has 0 bridgehead atoms. The number of nitrogens with one attached hydrogen (secondary N) is 1. The molecule has 0 fully saturated rings. The Morgan fingerprint density at radius 3 is 2.55 bits per heavy atom. The van der Waals surface area contributed by atoms with Gasteiger partial charge in [-0.2, -0.15) is 5.26 Å². The van der Waals surface area contributed by atoms with E-state index in [1.165, 1.54) is 0 Å². The number of nitriles is 1. The molecule has 2 heterocycles. The average molecular weight is 454 g/mol. The summed E-state index contributed by atoms with van der Waals surface area (Å²) in [6.45, 7) is 2.12. The fourth-order valence-electron chi connectivity index (χ4n) is 4.24. The lowest BCUT2D eigenvalue weighted by Crippen LogP contribution is -2.25. The van der Waals surface area contributed by atoms with Crippen molar-refractivity contribution in [2.75, 3.05) is 6.61 Å². The van der Waals surface area contributed by atoms with Crippen molar-refractivity contribution < 1.29 is 5.11 Å². The first-order valence-electron chi connectivity index (χ1n) is 10.5. The van der Waals surface area contributed by atoms with Crippen molar-refractivity contribution in [1.29, 1.82) is 10.7 Å². The van der Waals surface area contributed by atoms with Crippen LogP contribution in [0.5, 0.6) is 0 Å². The van der Waals surface area contributed by atoms with E-state index in [9.17, 15) is 10.4 Å². The van der Waals surface area contributed by atoms with E-state index in [2.05, 4.69) is 17.1 Å². The third-order valence-electron chi connectivity index (χ3n) is 5.88. The van der Waals surface area contributed by atoms with Crippen LogP contribution in [-0.2, 0) is 6.54 Å². The van der Waals surface area contributed by atoms with Crippen LogP contribution < -0.4 is 5.62 Å². The third kappa shape index (κ3) is 3.48. The van der Waals surface area contributed by atoms with Gasteiger partial charge in [0.1, 0.15) is 0 Å². The van der Waals surface area contributed by atoms with E-state index in [1.807, 2.05) is 54.0 Å². The number of pyridine rings is 1. The van der Waals surface area contributed by atoms with Crippen LogP contribution in [0.4, 0.5) is 0 Å². The van der Waals surface area contributed by atoms with Gasteiger partial charge in [-0.25, -0.2) is 0 Å². The van der Waals surface area contributed by atoms with Gasteiger partial charge in [0.25, 0.3) is 0 Å². The standard InChI is InChI=1S/C26H20ClN5O/c1-16-2-3-17(14-28)12-23(16)32-25-21-13-19(18-4-7-20(27)8-5-18)6-9-22(21)30-15-24(25)31(10-11-33)26(32)29/h2-9,12-13,15,29,33H,10-11H2,1H3. The molecule has 0 saturated carbocycles. The molecule has 0 aliphatic heterocycles. The van der Waals surface area contributed by atoms with Crippen molar-refractivity contribution in [2.45, 2.75) is 13.5 Å². The number of aromatic nitrogens is 3. The van der Waals surface area contributed by atoms with Gasteiger partial charge in [0, 0.05) is 17.0 Å². The van der Waals surface area contributed by atoms with E-state index >= 15 is 0 Å². The van der Waals surface area contributed by atoms with Crippen LogP contribution >= 0.6 is 11.6 Å². The smallest absolute Gasteiger partial charge is 0.207 e. The lowest BCUT2D eigenvalue weighted by atomic mass is 10.0. The summed E-state index contributed by atoms with van der Waals surface area (Å²) < 4.78 is 3.59. The second-order valence-electron chi connectivity index (χ2n) is 7.88. The quantitative estimate of drug-likeness (QED) is 0.403. The fourth-order valence-corrected chi connectivity index (χ4v) is 4.37. The Bertz CT molecular complexity index is 1620. The van der Waals surface area contributed by atoms with Crippen LogP contribution in [0, 0.1) is 23.7 Å². The molecular weight excluding hydrogens is 434 g/mol. The first-order valence-corrected chi connectivity index (χ1v) is 10.9. The topological polar surface area (TPSA) is 90.6 Å². The number of hydrogen-bond acceptors (Lipinski definition) is 4. The zero-order valence-corrected chi connectivity index (χ0v) is 18.6. The van der Waals surface area contributed by atoms with Crippen LogP contribution in [-0.4, -0.2) is 25.8 Å². The molecule has 3 aromatic carbocycles. The highest BCUT2D eigenvalue weighted by Crippen LogP contribution is 2.31. The van der Waals surface area contributed by atoms with Gasteiger partial charge in [-0.15, -0.1) is 0 Å². The van der Waals surface area contributed by atoms with E-state index in [-0.39, 0.29) is 18.8 Å². The summed E-state index contributed by atoms with van der Waals surface area (Å²) in [5, 5.41) is 29.6. The maximum Gasteiger partial charge on any atom is 0.207 e. The van der Waals surface area contributed by atoms with E-state index in [1.54, 1.807) is 22.9 Å². The van der Waals surface area contributed by atoms with Crippen molar-refractivity contribution in [3.05, 3.63) is 88.6 Å². The summed E-state index contributed by atoms with van der Waals surface area (Å²) in [6.07, 6.45) is 1.74. The van der Waals surface area contributed by atoms with Gasteiger partial charge in [0.2, 0.25) is 5.62 Å². The van der Waals surface area contributed by atoms with E-state index in [0.29, 0.717) is 10.6 Å². The van der Waals surface area contributed by atoms with Crippen LogP contribution in [0.25, 0.3) is 38.8 Å². The lowest BCUT2D eigenvalue weighted by molar-refractivity contribution is 0.275. The number of nitrogens with zero attached hydrogens (tertiary/aromatic N) is 4. The minimum atomic E-state index is -0.101. The molecule has 0 saturated heterocycles. The monoisotopic (exact) mass is 453 g/mol. The van der Waals surface area contributed by atoms with Crippen LogP contribution in [0.1, 0.15) is 11.1 Å². The number of imidazole rings is 1. The maximum absolute atomic E-state index is 9.66. The highest BCUT2D eigenvalue weighted by molar-refractivity contribution is 6.30. The van der Waals surface area contributed by atoms with Crippen LogP contribution in [0.15, 0.2) is 66.9 Å². The molecule has 0 aliphatic carbocycles. The summed E-state index contributed by atoms with van der Waals surface area (Å²) >= 11 is 6.07. The number of benzene rings is 3. The van der Waals surface area contributed by atoms with Crippen molar-refractivity contribution in [2.24, 2.45) is 0 Å². The Hall–Kier alpha value is -3.92. The molecule has 5 aromatic rings. The van der Waals surface area contributed by atoms with E-state index in [0.717, 1.165) is 44.3 Å². The molecule has 0 spiro atoms. The highest BCUT2D eigenvalue weighted by Gasteiger charge is 2.18. The third-order valence-corrected chi connectivity index (χ3v) is 6.13. The number of aliphatic hydroxyl groups excluding tert-OH is 1. The minimum Gasteiger partial charge on any atom is -0.395 e. The molecule has 0 atom stereocenters. The highest BCUT2D eigenvalue weighted by atomic mass is 35.5. The van der Waals surface area contributed by atoms with Crippen molar-refractivity contribution in [3.63, 3.8) is 0 Å². The molecule has 0 radical (unpaired) electrons. The minimum absolute atomic E-state index is 0.101. The van der Waals surface area contributed by atoms with Gasteiger partial charge in [-0.1, -0.05) is 35.9 Å². The summed E-state index contributed by atoms with van der Waals surface area (Å²) in [4.78, 5) is 4.63.